The number of aryl methyl sites for hydroxylation is 1. The Labute approximate surface area is 109 Å². The van der Waals surface area contributed by atoms with Gasteiger partial charge in [0.15, 0.2) is 0 Å². The number of carbonyl (C=O) groups is 1. The molecule has 0 radical (unpaired) electrons. The number of hydrogen-bond acceptors (Lipinski definition) is 4. The second kappa shape index (κ2) is 5.37. The van der Waals surface area contributed by atoms with Crippen molar-refractivity contribution < 1.29 is 4.79 Å². The average Bonchev–Trinajstić information content (AvgIpc) is 2.92. The van der Waals surface area contributed by atoms with Gasteiger partial charge in [-0.05, 0) is 25.3 Å². The highest BCUT2D eigenvalue weighted by Gasteiger charge is 2.33. The first-order valence-corrected chi connectivity index (χ1v) is 6.72. The standard InChI is InChI=1S/C11H15N5OS/c1-7-6-18-11(14-7)8(2)16-5-9(3-10(16)17)4-13-15-12/h6,8-9H,3-5H2,1-2H3. The van der Waals surface area contributed by atoms with E-state index in [4.69, 9.17) is 5.53 Å². The van der Waals surface area contributed by atoms with Crippen molar-refractivity contribution in [2.75, 3.05) is 13.1 Å². The lowest BCUT2D eigenvalue weighted by Gasteiger charge is -2.22. The third-order valence-electron chi connectivity index (χ3n) is 3.10. The summed E-state index contributed by atoms with van der Waals surface area (Å²) in [6.07, 6.45) is 0.466. The summed E-state index contributed by atoms with van der Waals surface area (Å²) in [6, 6.07) is 0.00673. The summed E-state index contributed by atoms with van der Waals surface area (Å²) in [7, 11) is 0. The molecule has 1 fully saturated rings. The van der Waals surface area contributed by atoms with Crippen LogP contribution in [-0.4, -0.2) is 28.9 Å². The molecule has 2 heterocycles. The third-order valence-corrected chi connectivity index (χ3v) is 4.24. The number of nitrogens with zero attached hydrogens (tertiary/aromatic N) is 5. The number of likely N-dealkylation sites (tertiary alicyclic amines) is 1. The maximum Gasteiger partial charge on any atom is 0.223 e. The van der Waals surface area contributed by atoms with Gasteiger partial charge in [-0.15, -0.1) is 11.3 Å². The smallest absolute Gasteiger partial charge is 0.223 e. The molecular weight excluding hydrogens is 250 g/mol. The lowest BCUT2D eigenvalue weighted by Crippen LogP contribution is -2.28. The van der Waals surface area contributed by atoms with Crippen molar-refractivity contribution in [3.63, 3.8) is 0 Å². The number of azide groups is 1. The van der Waals surface area contributed by atoms with Gasteiger partial charge in [0, 0.05) is 35.5 Å². The quantitative estimate of drug-likeness (QED) is 0.476. The number of aromatic nitrogens is 1. The molecule has 6 nitrogen and oxygen atoms in total. The number of thiazole rings is 1. The normalized spacial score (nSPS) is 20.9. The summed E-state index contributed by atoms with van der Waals surface area (Å²) in [5.41, 5.74) is 9.29. The van der Waals surface area contributed by atoms with Crippen LogP contribution >= 0.6 is 11.3 Å². The Morgan fingerprint density at radius 2 is 2.56 bits per heavy atom. The van der Waals surface area contributed by atoms with Gasteiger partial charge >= 0.3 is 0 Å². The zero-order valence-corrected chi connectivity index (χ0v) is 11.2. The van der Waals surface area contributed by atoms with Gasteiger partial charge in [-0.3, -0.25) is 4.79 Å². The van der Waals surface area contributed by atoms with Crippen LogP contribution in [0, 0.1) is 12.8 Å². The van der Waals surface area contributed by atoms with Gasteiger partial charge in [-0.25, -0.2) is 4.98 Å². The van der Waals surface area contributed by atoms with E-state index in [1.807, 2.05) is 24.1 Å². The van der Waals surface area contributed by atoms with Crippen LogP contribution in [0.1, 0.15) is 30.1 Å². The maximum atomic E-state index is 11.9. The minimum atomic E-state index is 0.00673. The molecule has 96 valence electrons. The highest BCUT2D eigenvalue weighted by Crippen LogP contribution is 2.30. The lowest BCUT2D eigenvalue weighted by molar-refractivity contribution is -0.129. The Bertz CT molecular complexity index is 493. The van der Waals surface area contributed by atoms with Gasteiger partial charge in [0.1, 0.15) is 5.01 Å². The second-order valence-electron chi connectivity index (χ2n) is 4.53. The first kappa shape index (κ1) is 12.9. The molecule has 2 atom stereocenters. The van der Waals surface area contributed by atoms with Gasteiger partial charge in [-0.1, -0.05) is 5.11 Å². The van der Waals surface area contributed by atoms with Crippen molar-refractivity contribution in [1.29, 1.82) is 0 Å². The van der Waals surface area contributed by atoms with E-state index in [0.717, 1.165) is 10.7 Å². The fourth-order valence-electron chi connectivity index (χ4n) is 2.15. The summed E-state index contributed by atoms with van der Waals surface area (Å²) in [6.45, 7) is 4.98. The summed E-state index contributed by atoms with van der Waals surface area (Å²) >= 11 is 1.58. The van der Waals surface area contributed by atoms with Gasteiger partial charge in [0.25, 0.3) is 0 Å². The van der Waals surface area contributed by atoms with Crippen LogP contribution in [0.4, 0.5) is 0 Å². The molecule has 0 aliphatic carbocycles. The summed E-state index contributed by atoms with van der Waals surface area (Å²) < 4.78 is 0. The molecule has 1 aliphatic rings. The maximum absolute atomic E-state index is 11.9. The van der Waals surface area contributed by atoms with E-state index in [0.29, 0.717) is 19.5 Å². The molecule has 1 aliphatic heterocycles. The highest BCUT2D eigenvalue weighted by molar-refractivity contribution is 7.09. The zero-order valence-electron chi connectivity index (χ0n) is 10.4. The minimum absolute atomic E-state index is 0.00673. The van der Waals surface area contributed by atoms with Crippen molar-refractivity contribution in [3.05, 3.63) is 26.5 Å². The summed E-state index contributed by atoms with van der Waals surface area (Å²) in [4.78, 5) is 20.9. The Morgan fingerprint density at radius 3 is 3.17 bits per heavy atom. The molecule has 1 amide bonds. The van der Waals surface area contributed by atoms with Gasteiger partial charge in [0.2, 0.25) is 5.91 Å². The summed E-state index contributed by atoms with van der Waals surface area (Å²) in [5, 5.41) is 6.50. The summed E-state index contributed by atoms with van der Waals surface area (Å²) in [5.74, 6) is 0.255. The van der Waals surface area contributed by atoms with Crippen LogP contribution in [0.3, 0.4) is 0 Å². The van der Waals surface area contributed by atoms with E-state index < -0.39 is 0 Å². The first-order chi connectivity index (χ1) is 8.61. The lowest BCUT2D eigenvalue weighted by atomic mass is 10.1. The Hall–Kier alpha value is -1.59. The Kier molecular flexibility index (Phi) is 3.84. The Morgan fingerprint density at radius 1 is 1.78 bits per heavy atom. The van der Waals surface area contributed by atoms with Crippen LogP contribution < -0.4 is 0 Å². The molecule has 0 N–H and O–H groups in total. The fourth-order valence-corrected chi connectivity index (χ4v) is 3.02. The average molecular weight is 265 g/mol. The molecular formula is C11H15N5OS. The van der Waals surface area contributed by atoms with Gasteiger partial charge in [0.05, 0.1) is 6.04 Å². The van der Waals surface area contributed by atoms with Gasteiger partial charge in [-0.2, -0.15) is 0 Å². The zero-order chi connectivity index (χ0) is 13.1. The first-order valence-electron chi connectivity index (χ1n) is 5.84. The monoisotopic (exact) mass is 265 g/mol. The van der Waals surface area contributed by atoms with Crippen LogP contribution in [0.15, 0.2) is 10.5 Å². The van der Waals surface area contributed by atoms with E-state index >= 15 is 0 Å². The van der Waals surface area contributed by atoms with E-state index in [9.17, 15) is 4.79 Å². The number of amides is 1. The van der Waals surface area contributed by atoms with E-state index in [2.05, 4.69) is 15.0 Å². The molecule has 1 aromatic heterocycles. The molecule has 0 spiro atoms. The molecule has 1 saturated heterocycles. The van der Waals surface area contributed by atoms with Crippen molar-refractivity contribution in [2.24, 2.45) is 11.0 Å². The van der Waals surface area contributed by atoms with E-state index in [1.54, 1.807) is 11.3 Å². The van der Waals surface area contributed by atoms with Crippen molar-refractivity contribution in [1.82, 2.24) is 9.88 Å². The van der Waals surface area contributed by atoms with Crippen molar-refractivity contribution in [2.45, 2.75) is 26.3 Å². The molecule has 1 aromatic rings. The molecule has 2 rings (SSSR count). The highest BCUT2D eigenvalue weighted by atomic mass is 32.1. The minimum Gasteiger partial charge on any atom is -0.333 e. The third kappa shape index (κ3) is 2.63. The van der Waals surface area contributed by atoms with E-state index in [1.165, 1.54) is 0 Å². The topological polar surface area (TPSA) is 82.0 Å². The molecule has 0 bridgehead atoms. The molecule has 7 heteroatoms. The van der Waals surface area contributed by atoms with Crippen LogP contribution in [0.5, 0.6) is 0 Å². The van der Waals surface area contributed by atoms with Crippen molar-refractivity contribution in [3.8, 4) is 0 Å². The molecule has 18 heavy (non-hydrogen) atoms. The Balaban J connectivity index is 2.05. The van der Waals surface area contributed by atoms with Crippen LogP contribution in [-0.2, 0) is 4.79 Å². The molecule has 2 unspecified atom stereocenters. The predicted octanol–water partition coefficient (Wildman–Crippen LogP) is 2.67. The van der Waals surface area contributed by atoms with E-state index in [-0.39, 0.29) is 17.9 Å². The second-order valence-corrected chi connectivity index (χ2v) is 5.42. The number of hydrogen-bond donors (Lipinski definition) is 0. The predicted molar refractivity (Wildman–Crippen MR) is 69.1 cm³/mol. The van der Waals surface area contributed by atoms with Crippen LogP contribution in [0.25, 0.3) is 10.4 Å². The number of carbonyl (C=O) groups excluding carboxylic acids is 1. The molecule has 0 aromatic carbocycles. The van der Waals surface area contributed by atoms with Crippen molar-refractivity contribution >= 4 is 17.2 Å². The largest absolute Gasteiger partial charge is 0.333 e. The molecule has 0 saturated carbocycles. The van der Waals surface area contributed by atoms with Gasteiger partial charge < -0.3 is 4.90 Å². The fraction of sp³-hybridized carbons (Fsp3) is 0.636. The SMILES string of the molecule is Cc1csc(C(C)N2CC(CN=[N+]=[N-])CC2=O)n1. The van der Waals surface area contributed by atoms with Crippen LogP contribution in [0.2, 0.25) is 0 Å². The number of rotatable bonds is 4.